The second-order valence-corrected chi connectivity index (χ2v) is 8.90. The Labute approximate surface area is 197 Å². The molecule has 2 aromatic carbocycles. The van der Waals surface area contributed by atoms with Gasteiger partial charge in [-0.2, -0.15) is 0 Å². The van der Waals surface area contributed by atoms with E-state index in [-0.39, 0.29) is 24.0 Å². The van der Waals surface area contributed by atoms with Crippen molar-refractivity contribution in [2.45, 2.75) is 31.4 Å². The molecular formula is C26H26N2O6. The van der Waals surface area contributed by atoms with E-state index in [1.165, 1.54) is 9.80 Å². The molecule has 2 aromatic rings. The van der Waals surface area contributed by atoms with Crippen molar-refractivity contribution in [1.82, 2.24) is 4.90 Å². The van der Waals surface area contributed by atoms with Crippen LogP contribution in [0.25, 0.3) is 5.76 Å². The number of aliphatic hydroxyl groups is 1. The second kappa shape index (κ2) is 7.99. The van der Waals surface area contributed by atoms with E-state index in [9.17, 15) is 19.5 Å². The number of aliphatic hydroxyl groups excluding tert-OH is 1. The Hall–Kier alpha value is -3.65. The standard InChI is InChI=1S/C26H26N2O6/c1-15-13-17-14-16(9-10-20(17)34-15)22(29)21-23(30)24(31)28(11-6-12-33-3)26(21)18-7-4-5-8-19(18)27(2)25(26)32/h4-5,7-10,14-15,29H,6,11-13H2,1-3H3. The number of hydrogen-bond donors (Lipinski definition) is 1. The van der Waals surface area contributed by atoms with Crippen LogP contribution in [-0.2, 0) is 31.1 Å². The van der Waals surface area contributed by atoms with E-state index in [1.807, 2.05) is 6.92 Å². The van der Waals surface area contributed by atoms with Crippen LogP contribution in [0, 0.1) is 0 Å². The number of anilines is 1. The minimum absolute atomic E-state index is 0.00860. The molecule has 0 bridgehead atoms. The lowest BCUT2D eigenvalue weighted by atomic mass is 9.81. The third-order valence-electron chi connectivity index (χ3n) is 6.84. The van der Waals surface area contributed by atoms with Crippen molar-refractivity contribution in [3.63, 3.8) is 0 Å². The van der Waals surface area contributed by atoms with Crippen LogP contribution in [0.1, 0.15) is 30.0 Å². The molecule has 2 amide bonds. The molecule has 176 valence electrons. The molecule has 2 unspecified atom stereocenters. The van der Waals surface area contributed by atoms with E-state index in [1.54, 1.807) is 56.6 Å². The molecule has 3 heterocycles. The van der Waals surface area contributed by atoms with E-state index < -0.39 is 23.1 Å². The first-order valence-corrected chi connectivity index (χ1v) is 11.3. The molecule has 0 radical (unpaired) electrons. The summed E-state index contributed by atoms with van der Waals surface area (Å²) in [7, 11) is 3.16. The molecule has 0 aliphatic carbocycles. The first-order chi connectivity index (χ1) is 16.3. The average Bonchev–Trinajstić information content (AvgIpc) is 3.39. The molecule has 5 rings (SSSR count). The van der Waals surface area contributed by atoms with E-state index in [0.717, 1.165) is 11.3 Å². The molecule has 8 heteroatoms. The number of ether oxygens (including phenoxy) is 2. The zero-order valence-corrected chi connectivity index (χ0v) is 19.3. The third kappa shape index (κ3) is 2.91. The molecule has 0 aromatic heterocycles. The molecule has 0 saturated carbocycles. The minimum Gasteiger partial charge on any atom is -0.507 e. The highest BCUT2D eigenvalue weighted by atomic mass is 16.5. The summed E-state index contributed by atoms with van der Waals surface area (Å²) in [6, 6.07) is 12.2. The summed E-state index contributed by atoms with van der Waals surface area (Å²) in [5.74, 6) is -1.79. The highest BCUT2D eigenvalue weighted by molar-refractivity contribution is 6.50. The number of carbonyl (C=O) groups is 3. The molecule has 2 atom stereocenters. The van der Waals surface area contributed by atoms with Crippen molar-refractivity contribution in [2.24, 2.45) is 0 Å². The number of Topliss-reactive ketones (excluding diaryl/α,β-unsaturated/α-hetero) is 1. The molecule has 3 aliphatic heterocycles. The Morgan fingerprint density at radius 3 is 2.74 bits per heavy atom. The van der Waals surface area contributed by atoms with Crippen molar-refractivity contribution in [1.29, 1.82) is 0 Å². The minimum atomic E-state index is -1.74. The summed E-state index contributed by atoms with van der Waals surface area (Å²) in [6.07, 6.45) is 1.10. The summed E-state index contributed by atoms with van der Waals surface area (Å²) in [5.41, 5.74) is 0.413. The molecule has 1 N–H and O–H groups in total. The number of amides is 2. The smallest absolute Gasteiger partial charge is 0.296 e. The number of rotatable bonds is 5. The van der Waals surface area contributed by atoms with E-state index >= 15 is 0 Å². The molecule has 1 fully saturated rings. The summed E-state index contributed by atoms with van der Waals surface area (Å²) in [4.78, 5) is 43.4. The number of carbonyl (C=O) groups excluding carboxylic acids is 3. The average molecular weight is 463 g/mol. The van der Waals surface area contributed by atoms with Gasteiger partial charge in [-0.05, 0) is 43.2 Å². The predicted octanol–water partition coefficient (Wildman–Crippen LogP) is 2.60. The Bertz CT molecular complexity index is 1250. The van der Waals surface area contributed by atoms with Crippen LogP contribution >= 0.6 is 0 Å². The fourth-order valence-electron chi connectivity index (χ4n) is 5.35. The van der Waals surface area contributed by atoms with Crippen LogP contribution in [0.3, 0.4) is 0 Å². The van der Waals surface area contributed by atoms with Crippen LogP contribution in [0.4, 0.5) is 5.69 Å². The predicted molar refractivity (Wildman–Crippen MR) is 125 cm³/mol. The van der Waals surface area contributed by atoms with Gasteiger partial charge in [0.1, 0.15) is 17.6 Å². The number of benzene rings is 2. The number of likely N-dealkylation sites (N-methyl/N-ethyl adjacent to an activating group) is 1. The van der Waals surface area contributed by atoms with Gasteiger partial charge in [0.2, 0.25) is 0 Å². The Kier molecular flexibility index (Phi) is 5.20. The molecule has 1 spiro atoms. The first-order valence-electron chi connectivity index (χ1n) is 11.3. The largest absolute Gasteiger partial charge is 0.507 e. The first kappa shape index (κ1) is 22.2. The quantitative estimate of drug-likeness (QED) is 0.318. The lowest BCUT2D eigenvalue weighted by Crippen LogP contribution is -2.51. The maximum absolute atomic E-state index is 13.9. The van der Waals surface area contributed by atoms with Gasteiger partial charge in [-0.15, -0.1) is 0 Å². The highest BCUT2D eigenvalue weighted by Crippen LogP contribution is 2.53. The van der Waals surface area contributed by atoms with Crippen molar-refractivity contribution in [2.75, 3.05) is 32.2 Å². The van der Waals surface area contributed by atoms with Gasteiger partial charge in [0.25, 0.3) is 17.6 Å². The van der Waals surface area contributed by atoms with Gasteiger partial charge in [-0.25, -0.2) is 0 Å². The van der Waals surface area contributed by atoms with Crippen LogP contribution < -0.4 is 9.64 Å². The molecule has 3 aliphatic rings. The van der Waals surface area contributed by atoms with E-state index in [0.29, 0.717) is 36.3 Å². The molecule has 8 nitrogen and oxygen atoms in total. The van der Waals surface area contributed by atoms with Gasteiger partial charge in [0, 0.05) is 50.5 Å². The fourth-order valence-corrected chi connectivity index (χ4v) is 5.35. The van der Waals surface area contributed by atoms with Crippen molar-refractivity contribution in [3.8, 4) is 5.75 Å². The Morgan fingerprint density at radius 1 is 1.21 bits per heavy atom. The number of likely N-dealkylation sites (tertiary alicyclic amines) is 1. The van der Waals surface area contributed by atoms with Crippen LogP contribution in [0.5, 0.6) is 5.75 Å². The van der Waals surface area contributed by atoms with E-state index in [4.69, 9.17) is 9.47 Å². The lowest BCUT2D eigenvalue weighted by Gasteiger charge is -2.34. The zero-order chi connectivity index (χ0) is 24.2. The van der Waals surface area contributed by atoms with Crippen molar-refractivity contribution in [3.05, 3.63) is 64.7 Å². The Morgan fingerprint density at radius 2 is 1.97 bits per heavy atom. The van der Waals surface area contributed by atoms with Gasteiger partial charge in [-0.1, -0.05) is 18.2 Å². The number of methoxy groups -OCH3 is 1. The Balaban J connectivity index is 1.75. The summed E-state index contributed by atoms with van der Waals surface area (Å²) in [6.45, 7) is 2.43. The molecular weight excluding hydrogens is 436 g/mol. The van der Waals surface area contributed by atoms with Crippen LogP contribution in [0.15, 0.2) is 48.0 Å². The van der Waals surface area contributed by atoms with Crippen molar-refractivity contribution < 1.29 is 29.0 Å². The SMILES string of the molecule is COCCCN1C(=O)C(=O)C(=C(O)c2ccc3c(c2)CC(C)O3)C12C(=O)N(C)c1ccccc12. The summed E-state index contributed by atoms with van der Waals surface area (Å²) >= 11 is 0. The number of hydrogen-bond acceptors (Lipinski definition) is 6. The topological polar surface area (TPSA) is 96.4 Å². The maximum Gasteiger partial charge on any atom is 0.296 e. The third-order valence-corrected chi connectivity index (χ3v) is 6.84. The normalized spacial score (nSPS) is 24.7. The van der Waals surface area contributed by atoms with Gasteiger partial charge in [0.05, 0.1) is 5.57 Å². The lowest BCUT2D eigenvalue weighted by molar-refractivity contribution is -0.143. The number of fused-ring (bicyclic) bond motifs is 3. The number of ketones is 1. The van der Waals surface area contributed by atoms with Crippen LogP contribution in [0.2, 0.25) is 0 Å². The summed E-state index contributed by atoms with van der Waals surface area (Å²) in [5, 5.41) is 11.5. The fraction of sp³-hybridized carbons (Fsp3) is 0.346. The molecule has 1 saturated heterocycles. The number of nitrogens with zero attached hydrogens (tertiary/aromatic N) is 2. The van der Waals surface area contributed by atoms with Gasteiger partial charge < -0.3 is 24.4 Å². The highest BCUT2D eigenvalue weighted by Gasteiger charge is 2.66. The molecule has 34 heavy (non-hydrogen) atoms. The second-order valence-electron chi connectivity index (χ2n) is 8.90. The van der Waals surface area contributed by atoms with Crippen LogP contribution in [-0.4, -0.2) is 61.0 Å². The zero-order valence-electron chi connectivity index (χ0n) is 19.3. The van der Waals surface area contributed by atoms with Crippen molar-refractivity contribution >= 4 is 29.0 Å². The van der Waals surface area contributed by atoms with E-state index in [2.05, 4.69) is 0 Å². The monoisotopic (exact) mass is 462 g/mol. The van der Waals surface area contributed by atoms with Gasteiger partial charge in [-0.3, -0.25) is 14.4 Å². The maximum atomic E-state index is 13.9. The summed E-state index contributed by atoms with van der Waals surface area (Å²) < 4.78 is 10.9. The van der Waals surface area contributed by atoms with Gasteiger partial charge in [0.15, 0.2) is 5.54 Å². The van der Waals surface area contributed by atoms with Gasteiger partial charge >= 0.3 is 0 Å². The number of para-hydroxylation sites is 1.